The van der Waals surface area contributed by atoms with Crippen LogP contribution in [0.2, 0.25) is 0 Å². The number of ether oxygens (including phenoxy) is 1. The van der Waals surface area contributed by atoms with E-state index in [-0.39, 0.29) is 60.8 Å². The van der Waals surface area contributed by atoms with Crippen LogP contribution in [0.5, 0.6) is 11.5 Å². The van der Waals surface area contributed by atoms with Crippen LogP contribution in [-0.2, 0) is 31.9 Å². The minimum Gasteiger partial charge on any atom is -0.510 e. The number of benzene rings is 9. The molecule has 1 aliphatic rings. The summed E-state index contributed by atoms with van der Waals surface area (Å²) in [4.78, 5) is 4.86. The number of hydrogen-bond acceptors (Lipinski definition) is 2. The zero-order chi connectivity index (χ0) is 60.7. The predicted molar refractivity (Wildman–Crippen MR) is 308 cm³/mol. The van der Waals surface area contributed by atoms with Crippen molar-refractivity contribution in [2.24, 2.45) is 0 Å². The van der Waals surface area contributed by atoms with Gasteiger partial charge in [0.2, 0.25) is 0 Å². The van der Waals surface area contributed by atoms with Gasteiger partial charge in [-0.3, -0.25) is 4.57 Å². The first kappa shape index (κ1) is 37.6. The molecule has 76 heavy (non-hydrogen) atoms. The number of hydrogen-bond donors (Lipinski definition) is 0. The summed E-state index contributed by atoms with van der Waals surface area (Å²) in [6.45, 7) is 7.39. The summed E-state index contributed by atoms with van der Waals surface area (Å²) in [5.74, 6) is 1.52. The molecule has 0 amide bonds. The second-order valence-corrected chi connectivity index (χ2v) is 21.2. The van der Waals surface area contributed by atoms with Gasteiger partial charge in [-0.15, -0.1) is 29.7 Å². The average molecular weight is 1180 g/mol. The first-order valence-corrected chi connectivity index (χ1v) is 25.0. The van der Waals surface area contributed by atoms with Crippen LogP contribution in [0.3, 0.4) is 0 Å². The zero-order valence-electron chi connectivity index (χ0n) is 53.6. The molecule has 0 N–H and O–H groups in total. The number of para-hydroxylation sites is 2. The van der Waals surface area contributed by atoms with Crippen LogP contribution in [0.4, 0.5) is 0 Å². The normalized spacial score (nSPS) is 14.5. The number of aryl methyl sites for hydroxylation is 2. The number of nitrogens with zero attached hydrogens (tertiary/aromatic N) is 4. The Balaban J connectivity index is 0.00000739. The van der Waals surface area contributed by atoms with Crippen LogP contribution in [0.1, 0.15) is 78.9 Å². The van der Waals surface area contributed by atoms with E-state index in [9.17, 15) is 2.74 Å². The van der Waals surface area contributed by atoms with Gasteiger partial charge in [-0.05, 0) is 138 Å². The van der Waals surface area contributed by atoms with E-state index in [0.29, 0.717) is 67.2 Å². The molecule has 0 atom stereocenters. The van der Waals surface area contributed by atoms with E-state index >= 15 is 0 Å². The molecule has 6 heteroatoms. The molecule has 0 unspecified atom stereocenters. The number of aromatic nitrogens is 4. The molecular formula is C70H56N4OPt-2. The Morgan fingerprint density at radius 2 is 1.26 bits per heavy atom. The summed E-state index contributed by atoms with van der Waals surface area (Å²) in [7, 11) is 0. The maximum Gasteiger partial charge on any atom is 0.268 e. The Kier molecular flexibility index (Phi) is 9.21. The molecule has 374 valence electrons. The largest absolute Gasteiger partial charge is 0.510 e. The molecule has 0 aliphatic carbocycles. The molecule has 4 heterocycles. The summed E-state index contributed by atoms with van der Waals surface area (Å²) in [5, 5.41) is 2.00. The van der Waals surface area contributed by atoms with Crippen molar-refractivity contribution in [1.82, 2.24) is 14.1 Å². The molecule has 9 aromatic carbocycles. The fourth-order valence-electron chi connectivity index (χ4n) is 10.9. The van der Waals surface area contributed by atoms with Crippen molar-refractivity contribution in [2.75, 3.05) is 0 Å². The third-order valence-electron chi connectivity index (χ3n) is 14.4. The fraction of sp³-hybridized carbons (Fsp3) is 0.143. The standard InChI is InChI=1S/C70H56N4O.Pt/c1-44-20-16-21-45(2)65(44)47-38-59-53-26-12-13-28-56(53)66-52(46-22-10-9-11-23-46)29-18-30-57(66)58-31-19-32-60(70(6,7)8)67(58)73-43-72(63(39-47)68(59)73)49-24-17-25-50(41-49)75-51-34-35-55-54-27-14-15-33-61(54)74(62(55)42-51)64-40-48(36-37-71-64)69(3,4)5;/h9-40H,1-8H3;/q-2;/i1D3,2D3,9D,10D,11D,22D,23D;. The first-order chi connectivity index (χ1) is 40.8. The van der Waals surface area contributed by atoms with Crippen LogP contribution in [0, 0.1) is 32.2 Å². The SMILES string of the molecule is [2H]c1c([2H])c([2H])c(-c2cccc3c2-c2ccccc2-c2cc(-c4c(C([2H])([2H])[2H])cccc4C([2H])([2H])[2H])cc4c2[n+]([c-]n4-c2[c-]c(Oc4[c-]c5c(cc4)c4ccccc4n5-c4cc(C(C)(C)C)ccn4)ccc2)-c2c-3cccc2C(C)(C)C)c([2H])c1[2H].[Pt]. The summed E-state index contributed by atoms with van der Waals surface area (Å²) >= 11 is 0. The number of rotatable bonds is 6. The van der Waals surface area contributed by atoms with Gasteiger partial charge in [0.05, 0.1) is 23.6 Å². The van der Waals surface area contributed by atoms with Gasteiger partial charge in [-0.2, -0.15) is 18.2 Å². The van der Waals surface area contributed by atoms with Gasteiger partial charge in [0.25, 0.3) is 6.33 Å². The average Bonchev–Trinajstić information content (AvgIpc) is 1.71. The molecule has 0 fully saturated rings. The number of fused-ring (bicyclic) bond motifs is 10. The molecule has 5 nitrogen and oxygen atoms in total. The minimum atomic E-state index is -2.75. The molecule has 12 aromatic rings. The second kappa shape index (κ2) is 18.6. The van der Waals surface area contributed by atoms with Gasteiger partial charge in [0.1, 0.15) is 5.82 Å². The van der Waals surface area contributed by atoms with Crippen molar-refractivity contribution in [3.05, 3.63) is 235 Å². The maximum absolute atomic E-state index is 9.32. The maximum atomic E-state index is 9.32. The van der Waals surface area contributed by atoms with Gasteiger partial charge in [0, 0.05) is 52.5 Å². The van der Waals surface area contributed by atoms with Crippen molar-refractivity contribution in [1.29, 1.82) is 0 Å². The molecule has 0 spiro atoms. The van der Waals surface area contributed by atoms with E-state index in [1.807, 2.05) is 125 Å². The van der Waals surface area contributed by atoms with Crippen molar-refractivity contribution in [2.45, 2.75) is 66.1 Å². The zero-order valence-corrected chi connectivity index (χ0v) is 44.9. The molecule has 3 aromatic heterocycles. The van der Waals surface area contributed by atoms with Gasteiger partial charge < -0.3 is 13.9 Å². The first-order valence-electron chi connectivity index (χ1n) is 30.5. The molecule has 13 rings (SSSR count). The van der Waals surface area contributed by atoms with E-state index in [2.05, 4.69) is 88.8 Å². The molecule has 0 saturated carbocycles. The van der Waals surface area contributed by atoms with E-state index < -0.39 is 37.2 Å². The van der Waals surface area contributed by atoms with E-state index in [4.69, 9.17) is 22.1 Å². The Morgan fingerprint density at radius 1 is 0.566 bits per heavy atom. The van der Waals surface area contributed by atoms with Crippen molar-refractivity contribution in [3.8, 4) is 84.3 Å². The van der Waals surface area contributed by atoms with Gasteiger partial charge in [-0.1, -0.05) is 180 Å². The smallest absolute Gasteiger partial charge is 0.268 e. The van der Waals surface area contributed by atoms with Gasteiger partial charge >= 0.3 is 0 Å². The Labute approximate surface area is 475 Å². The van der Waals surface area contributed by atoms with Crippen molar-refractivity contribution >= 4 is 32.8 Å². The van der Waals surface area contributed by atoms with E-state index in [1.165, 1.54) is 18.2 Å². The topological polar surface area (TPSA) is 35.9 Å². The van der Waals surface area contributed by atoms with Gasteiger partial charge in [0.15, 0.2) is 0 Å². The predicted octanol–water partition coefficient (Wildman–Crippen LogP) is 17.4. The van der Waals surface area contributed by atoms with Crippen LogP contribution in [-0.4, -0.2) is 14.1 Å². The monoisotopic (exact) mass is 1170 g/mol. The quantitative estimate of drug-likeness (QED) is 0.123. The van der Waals surface area contributed by atoms with Gasteiger partial charge in [-0.25, -0.2) is 4.98 Å². The number of imidazole rings is 1. The Bertz CT molecular complexity index is 4750. The third kappa shape index (κ3) is 8.12. The Morgan fingerprint density at radius 3 is 2.05 bits per heavy atom. The minimum absolute atomic E-state index is 0. The second-order valence-electron chi connectivity index (χ2n) is 21.2. The molecular weight excluding hydrogens is 1110 g/mol. The van der Waals surface area contributed by atoms with E-state index in [0.717, 1.165) is 50.0 Å². The van der Waals surface area contributed by atoms with E-state index in [1.54, 1.807) is 6.07 Å². The molecule has 0 saturated heterocycles. The Hall–Kier alpha value is -8.11. The summed E-state index contributed by atoms with van der Waals surface area (Å²) in [6.07, 6.45) is 5.61. The molecule has 1 aliphatic heterocycles. The summed E-state index contributed by atoms with van der Waals surface area (Å²) in [6, 6.07) is 54.1. The summed E-state index contributed by atoms with van der Waals surface area (Å²) in [5.41, 5.74) is 9.76. The molecule has 0 radical (unpaired) electrons. The molecule has 0 bridgehead atoms. The third-order valence-corrected chi connectivity index (χ3v) is 14.4. The van der Waals surface area contributed by atoms with Crippen LogP contribution in [0.15, 0.2) is 194 Å². The van der Waals surface area contributed by atoms with Crippen LogP contribution in [0.25, 0.3) is 106 Å². The van der Waals surface area contributed by atoms with Crippen molar-refractivity contribution < 1.29 is 45.4 Å². The van der Waals surface area contributed by atoms with Crippen LogP contribution < -0.4 is 9.30 Å². The fourth-order valence-corrected chi connectivity index (χ4v) is 10.9. The number of pyridine rings is 1. The van der Waals surface area contributed by atoms with Crippen LogP contribution >= 0.6 is 0 Å². The van der Waals surface area contributed by atoms with Crippen molar-refractivity contribution in [3.63, 3.8) is 0 Å². The summed E-state index contributed by atoms with van der Waals surface area (Å²) < 4.78 is 111.